The summed E-state index contributed by atoms with van der Waals surface area (Å²) in [5, 5.41) is 0. The first-order chi connectivity index (χ1) is 14.7. The summed E-state index contributed by atoms with van der Waals surface area (Å²) in [4.78, 5) is 2.49. The molecule has 4 rings (SSSR count). The number of rotatable bonds is 5. The van der Waals surface area contributed by atoms with Gasteiger partial charge in [-0.3, -0.25) is 0 Å². The predicted octanol–water partition coefficient (Wildman–Crippen LogP) is 6.45. The van der Waals surface area contributed by atoms with Crippen molar-refractivity contribution in [1.29, 1.82) is 0 Å². The molecule has 0 spiro atoms. The van der Waals surface area contributed by atoms with E-state index in [2.05, 4.69) is 66.9 Å². The van der Waals surface area contributed by atoms with Crippen LogP contribution in [0.5, 0.6) is 0 Å². The van der Waals surface area contributed by atoms with Crippen LogP contribution in [0.3, 0.4) is 0 Å². The summed E-state index contributed by atoms with van der Waals surface area (Å²) in [6, 6.07) is 27.6. The zero-order chi connectivity index (χ0) is 21.2. The lowest BCUT2D eigenvalue weighted by molar-refractivity contribution is 0.578. The first kappa shape index (κ1) is 21.9. The van der Waals surface area contributed by atoms with Crippen LogP contribution in [0.2, 0.25) is 0 Å². The summed E-state index contributed by atoms with van der Waals surface area (Å²) in [5.41, 5.74) is 12.8. The van der Waals surface area contributed by atoms with Crippen molar-refractivity contribution in [2.75, 3.05) is 18.0 Å². The van der Waals surface area contributed by atoms with E-state index in [4.69, 9.17) is 5.73 Å². The molecule has 3 aromatic rings. The molecule has 1 saturated heterocycles. The first-order valence-electron chi connectivity index (χ1n) is 11.1. The van der Waals surface area contributed by atoms with E-state index in [0.29, 0.717) is 6.54 Å². The van der Waals surface area contributed by atoms with E-state index in [1.54, 1.807) is 0 Å². The molecule has 0 unspecified atom stereocenters. The Morgan fingerprint density at radius 1 is 0.767 bits per heavy atom. The molecule has 0 atom stereocenters. The summed E-state index contributed by atoms with van der Waals surface area (Å²) >= 11 is 0. The van der Waals surface area contributed by atoms with E-state index in [-0.39, 0.29) is 0 Å². The summed E-state index contributed by atoms with van der Waals surface area (Å²) in [6.45, 7) is 9.49. The Morgan fingerprint density at radius 3 is 1.83 bits per heavy atom. The minimum absolute atomic E-state index is 0.640. The van der Waals surface area contributed by atoms with Gasteiger partial charge in [0.05, 0.1) is 0 Å². The van der Waals surface area contributed by atoms with E-state index >= 15 is 0 Å². The van der Waals surface area contributed by atoms with E-state index in [0.717, 1.165) is 12.0 Å². The van der Waals surface area contributed by atoms with Crippen LogP contribution in [0.4, 0.5) is 5.69 Å². The van der Waals surface area contributed by atoms with Gasteiger partial charge in [-0.2, -0.15) is 0 Å². The lowest BCUT2D eigenvalue weighted by Crippen LogP contribution is -2.29. The standard InChI is InChI=1S/C21H25N.C7H9N/c1-3-18-7-9-19(10-8-18)17(2)20-11-13-21(14-12-20)22-15-5-4-6-16-22;8-6-7-4-2-1-3-5-7/h7-14H,2-6,15-16H2,1H3;1-5H,6,8H2. The average molecular weight is 399 g/mol. The fourth-order valence-corrected chi connectivity index (χ4v) is 3.75. The molecule has 3 aromatic carbocycles. The van der Waals surface area contributed by atoms with Crippen LogP contribution in [0.15, 0.2) is 85.4 Å². The van der Waals surface area contributed by atoms with Gasteiger partial charge in [-0.1, -0.05) is 80.2 Å². The molecule has 0 bridgehead atoms. The SMILES string of the molecule is C=C(c1ccc(CC)cc1)c1ccc(N2CCCCC2)cc1.NCc1ccccc1. The third-order valence-corrected chi connectivity index (χ3v) is 5.73. The second kappa shape index (κ2) is 11.4. The van der Waals surface area contributed by atoms with Gasteiger partial charge in [0.1, 0.15) is 0 Å². The minimum atomic E-state index is 0.640. The Bertz CT molecular complexity index is 890. The van der Waals surface area contributed by atoms with Crippen LogP contribution < -0.4 is 10.6 Å². The molecule has 1 fully saturated rings. The fraction of sp³-hybridized carbons (Fsp3) is 0.286. The Balaban J connectivity index is 0.000000269. The predicted molar refractivity (Wildman–Crippen MR) is 131 cm³/mol. The Hall–Kier alpha value is -2.84. The van der Waals surface area contributed by atoms with Gasteiger partial charge in [-0.15, -0.1) is 0 Å². The number of hydrogen-bond acceptors (Lipinski definition) is 2. The maximum Gasteiger partial charge on any atom is 0.0366 e. The number of aryl methyl sites for hydroxylation is 1. The quantitative estimate of drug-likeness (QED) is 0.535. The van der Waals surface area contributed by atoms with Crippen molar-refractivity contribution in [3.63, 3.8) is 0 Å². The minimum Gasteiger partial charge on any atom is -0.372 e. The van der Waals surface area contributed by atoms with E-state index in [9.17, 15) is 0 Å². The Morgan fingerprint density at radius 2 is 1.33 bits per heavy atom. The second-order valence-electron chi connectivity index (χ2n) is 7.81. The van der Waals surface area contributed by atoms with Crippen molar-refractivity contribution in [3.8, 4) is 0 Å². The van der Waals surface area contributed by atoms with Gasteiger partial charge >= 0.3 is 0 Å². The highest BCUT2D eigenvalue weighted by Gasteiger charge is 2.11. The topological polar surface area (TPSA) is 29.3 Å². The van der Waals surface area contributed by atoms with Crippen LogP contribution in [0, 0.1) is 0 Å². The fourth-order valence-electron chi connectivity index (χ4n) is 3.75. The molecule has 0 saturated carbocycles. The molecular weight excluding hydrogens is 364 g/mol. The summed E-state index contributed by atoms with van der Waals surface area (Å²) < 4.78 is 0. The van der Waals surface area contributed by atoms with Gasteiger partial charge in [0.15, 0.2) is 0 Å². The van der Waals surface area contributed by atoms with Gasteiger partial charge in [0.2, 0.25) is 0 Å². The third-order valence-electron chi connectivity index (χ3n) is 5.73. The molecule has 1 aliphatic rings. The number of anilines is 1. The highest BCUT2D eigenvalue weighted by molar-refractivity contribution is 5.78. The lowest BCUT2D eigenvalue weighted by atomic mass is 9.98. The van der Waals surface area contributed by atoms with E-state index < -0.39 is 0 Å². The third kappa shape index (κ3) is 6.08. The number of piperidine rings is 1. The average Bonchev–Trinajstić information content (AvgIpc) is 2.85. The second-order valence-corrected chi connectivity index (χ2v) is 7.81. The van der Waals surface area contributed by atoms with E-state index in [1.165, 1.54) is 60.3 Å². The molecule has 0 aromatic heterocycles. The van der Waals surface area contributed by atoms with Gasteiger partial charge in [0.25, 0.3) is 0 Å². The molecule has 0 aliphatic carbocycles. The van der Waals surface area contributed by atoms with E-state index in [1.807, 2.05) is 30.3 Å². The molecule has 1 aliphatic heterocycles. The number of benzene rings is 3. The monoisotopic (exact) mass is 398 g/mol. The van der Waals surface area contributed by atoms with Crippen molar-refractivity contribution in [1.82, 2.24) is 0 Å². The largest absolute Gasteiger partial charge is 0.372 e. The number of nitrogens with zero attached hydrogens (tertiary/aromatic N) is 1. The van der Waals surface area contributed by atoms with Crippen LogP contribution in [0.1, 0.15) is 48.4 Å². The van der Waals surface area contributed by atoms with Crippen LogP contribution in [0.25, 0.3) is 5.57 Å². The van der Waals surface area contributed by atoms with Crippen molar-refractivity contribution in [2.24, 2.45) is 5.73 Å². The van der Waals surface area contributed by atoms with Crippen molar-refractivity contribution in [3.05, 3.63) is 108 Å². The molecular formula is C28H34N2. The maximum atomic E-state index is 5.35. The van der Waals surface area contributed by atoms with Crippen molar-refractivity contribution < 1.29 is 0 Å². The highest BCUT2D eigenvalue weighted by Crippen LogP contribution is 2.26. The maximum absolute atomic E-state index is 5.35. The molecule has 30 heavy (non-hydrogen) atoms. The molecule has 156 valence electrons. The van der Waals surface area contributed by atoms with Gasteiger partial charge < -0.3 is 10.6 Å². The van der Waals surface area contributed by atoms with Crippen LogP contribution in [-0.4, -0.2) is 13.1 Å². The van der Waals surface area contributed by atoms with Crippen molar-refractivity contribution >= 4 is 11.3 Å². The zero-order valence-corrected chi connectivity index (χ0v) is 18.2. The Kier molecular flexibility index (Phi) is 8.29. The summed E-state index contributed by atoms with van der Waals surface area (Å²) in [6.07, 6.45) is 5.09. The molecule has 2 N–H and O–H groups in total. The van der Waals surface area contributed by atoms with Crippen LogP contribution in [-0.2, 0) is 13.0 Å². The Labute approximate surface area is 182 Å². The lowest BCUT2D eigenvalue weighted by Gasteiger charge is -2.29. The molecule has 2 nitrogen and oxygen atoms in total. The van der Waals surface area contributed by atoms with Gasteiger partial charge in [0, 0.05) is 25.3 Å². The summed E-state index contributed by atoms with van der Waals surface area (Å²) in [5.74, 6) is 0. The molecule has 1 heterocycles. The van der Waals surface area contributed by atoms with Crippen LogP contribution >= 0.6 is 0 Å². The van der Waals surface area contributed by atoms with Gasteiger partial charge in [-0.25, -0.2) is 0 Å². The number of hydrogen-bond donors (Lipinski definition) is 1. The molecule has 2 heteroatoms. The highest BCUT2D eigenvalue weighted by atomic mass is 15.1. The smallest absolute Gasteiger partial charge is 0.0366 e. The van der Waals surface area contributed by atoms with Crippen molar-refractivity contribution in [2.45, 2.75) is 39.2 Å². The molecule has 0 radical (unpaired) electrons. The molecule has 0 amide bonds. The summed E-state index contributed by atoms with van der Waals surface area (Å²) in [7, 11) is 0. The number of nitrogens with two attached hydrogens (primary N) is 1. The zero-order valence-electron chi connectivity index (χ0n) is 18.2. The first-order valence-corrected chi connectivity index (χ1v) is 11.1. The normalized spacial score (nSPS) is 13.3. The van der Waals surface area contributed by atoms with Gasteiger partial charge in [-0.05, 0) is 65.6 Å².